The Balaban J connectivity index is 1.40. The molecule has 0 radical (unpaired) electrons. The fourth-order valence-electron chi connectivity index (χ4n) is 4.06. The van der Waals surface area contributed by atoms with Crippen molar-refractivity contribution in [1.29, 1.82) is 0 Å². The Kier molecular flexibility index (Phi) is 7.26. The fourth-order valence-corrected chi connectivity index (χ4v) is 4.42. The van der Waals surface area contributed by atoms with Crippen LogP contribution in [0.15, 0.2) is 96.1 Å². The number of esters is 1. The number of hydrogen-bond acceptors (Lipinski definition) is 4. The predicted molar refractivity (Wildman–Crippen MR) is 151 cm³/mol. The molecule has 0 aliphatic rings. The maximum atomic E-state index is 13.3. The first-order valence-corrected chi connectivity index (χ1v) is 12.4. The van der Waals surface area contributed by atoms with E-state index < -0.39 is 11.9 Å². The lowest BCUT2D eigenvalue weighted by molar-refractivity contribution is 0.0734. The summed E-state index contributed by atoms with van der Waals surface area (Å²) in [6.07, 6.45) is 1.42. The number of aromatic nitrogens is 1. The van der Waals surface area contributed by atoms with Crippen molar-refractivity contribution in [2.75, 3.05) is 0 Å². The van der Waals surface area contributed by atoms with Crippen molar-refractivity contribution in [2.24, 2.45) is 5.10 Å². The Morgan fingerprint density at radius 3 is 2.45 bits per heavy atom. The Bertz CT molecular complexity index is 1690. The number of carbonyl (C=O) groups excluding carboxylic acids is 2. The Morgan fingerprint density at radius 1 is 0.921 bits per heavy atom. The van der Waals surface area contributed by atoms with Gasteiger partial charge in [-0.3, -0.25) is 4.79 Å². The quantitative estimate of drug-likeness (QED) is 0.101. The summed E-state index contributed by atoms with van der Waals surface area (Å²) in [6.45, 7) is 1.99. The first kappa shape index (κ1) is 25.3. The lowest BCUT2D eigenvalue weighted by atomic mass is 10.0. The molecule has 5 aromatic rings. The molecule has 6 nitrogen and oxygen atoms in total. The molecular formula is C30H21Cl2N3O3. The van der Waals surface area contributed by atoms with Gasteiger partial charge in [0.2, 0.25) is 0 Å². The maximum absolute atomic E-state index is 13.3. The van der Waals surface area contributed by atoms with Crippen molar-refractivity contribution in [2.45, 2.75) is 6.92 Å². The van der Waals surface area contributed by atoms with Crippen LogP contribution in [0.1, 0.15) is 32.0 Å². The van der Waals surface area contributed by atoms with Gasteiger partial charge in [-0.25, -0.2) is 10.2 Å². The number of H-pyrrole nitrogens is 1. The summed E-state index contributed by atoms with van der Waals surface area (Å²) in [5, 5.41) is 6.06. The highest BCUT2D eigenvalue weighted by atomic mass is 35.5. The molecule has 1 heterocycles. The zero-order valence-electron chi connectivity index (χ0n) is 20.2. The Labute approximate surface area is 228 Å². The number of amides is 1. The van der Waals surface area contributed by atoms with E-state index in [0.29, 0.717) is 38.2 Å². The van der Waals surface area contributed by atoms with Crippen molar-refractivity contribution < 1.29 is 14.3 Å². The molecule has 0 bridgehead atoms. The Morgan fingerprint density at radius 2 is 1.66 bits per heavy atom. The van der Waals surface area contributed by atoms with Gasteiger partial charge < -0.3 is 9.72 Å². The zero-order valence-corrected chi connectivity index (χ0v) is 21.7. The molecule has 0 aliphatic heterocycles. The van der Waals surface area contributed by atoms with Gasteiger partial charge in [0.1, 0.15) is 11.4 Å². The van der Waals surface area contributed by atoms with E-state index in [9.17, 15) is 9.59 Å². The lowest BCUT2D eigenvalue weighted by Crippen LogP contribution is -2.19. The molecule has 0 spiro atoms. The third-order valence-electron chi connectivity index (χ3n) is 5.90. The fraction of sp³-hybridized carbons (Fsp3) is 0.0333. The van der Waals surface area contributed by atoms with Crippen molar-refractivity contribution in [3.8, 4) is 16.9 Å². The van der Waals surface area contributed by atoms with Gasteiger partial charge >= 0.3 is 5.97 Å². The second-order valence-corrected chi connectivity index (χ2v) is 9.38. The molecule has 5 rings (SSSR count). The van der Waals surface area contributed by atoms with Crippen LogP contribution in [-0.2, 0) is 0 Å². The molecular weight excluding hydrogens is 521 g/mol. The van der Waals surface area contributed by atoms with E-state index in [1.807, 2.05) is 43.3 Å². The van der Waals surface area contributed by atoms with Crippen molar-refractivity contribution >= 4 is 52.2 Å². The number of nitrogens with zero attached hydrogens (tertiary/aromatic N) is 1. The first-order valence-electron chi connectivity index (χ1n) is 11.7. The topological polar surface area (TPSA) is 83.6 Å². The van der Waals surface area contributed by atoms with E-state index in [4.69, 9.17) is 27.9 Å². The van der Waals surface area contributed by atoms with Gasteiger partial charge in [-0.1, -0.05) is 65.2 Å². The minimum absolute atomic E-state index is 0.295. The third kappa shape index (κ3) is 5.32. The summed E-state index contributed by atoms with van der Waals surface area (Å²) >= 11 is 12.4. The van der Waals surface area contributed by atoms with Gasteiger partial charge in [0.15, 0.2) is 0 Å². The van der Waals surface area contributed by atoms with Gasteiger partial charge in [-0.2, -0.15) is 5.10 Å². The van der Waals surface area contributed by atoms with Gasteiger partial charge in [0.25, 0.3) is 5.91 Å². The van der Waals surface area contributed by atoms with Gasteiger partial charge in [-0.05, 0) is 61.5 Å². The van der Waals surface area contributed by atoms with Crippen molar-refractivity contribution in [3.63, 3.8) is 0 Å². The van der Waals surface area contributed by atoms with Crippen LogP contribution < -0.4 is 10.2 Å². The number of hydrogen-bond donors (Lipinski definition) is 2. The third-order valence-corrected chi connectivity index (χ3v) is 6.48. The number of aromatic amines is 1. The summed E-state index contributed by atoms with van der Waals surface area (Å²) in [7, 11) is 0. The maximum Gasteiger partial charge on any atom is 0.343 e. The summed E-state index contributed by atoms with van der Waals surface area (Å²) < 4.78 is 5.55. The van der Waals surface area contributed by atoms with E-state index in [1.165, 1.54) is 6.21 Å². The van der Waals surface area contributed by atoms with Crippen LogP contribution in [0.5, 0.6) is 5.75 Å². The number of halogens is 2. The molecule has 8 heteroatoms. The molecule has 0 saturated heterocycles. The molecule has 0 saturated carbocycles. The van der Waals surface area contributed by atoms with E-state index in [1.54, 1.807) is 54.6 Å². The van der Waals surface area contributed by atoms with E-state index in [0.717, 1.165) is 22.0 Å². The average Bonchev–Trinajstić information content (AvgIpc) is 3.28. The predicted octanol–water partition coefficient (Wildman–Crippen LogP) is 7.43. The highest BCUT2D eigenvalue weighted by Gasteiger charge is 2.21. The zero-order chi connectivity index (χ0) is 26.6. The molecule has 38 heavy (non-hydrogen) atoms. The standard InChI is InChI=1S/C30H21Cl2N3O3/c1-18-10-15-25-23(16-18)27(22-7-3-4-8-24(22)32)28(34-25)29(36)35-33-17-20-6-2-5-9-26(20)38-30(37)19-11-13-21(31)14-12-19/h2-17,34H,1H3,(H,35,36). The highest BCUT2D eigenvalue weighted by molar-refractivity contribution is 6.34. The van der Waals surface area contributed by atoms with Gasteiger partial charge in [-0.15, -0.1) is 0 Å². The SMILES string of the molecule is Cc1ccc2[nH]c(C(=O)NN=Cc3ccccc3OC(=O)c3ccc(Cl)cc3)c(-c3ccccc3Cl)c2c1. The molecule has 0 atom stereocenters. The average molecular weight is 542 g/mol. The summed E-state index contributed by atoms with van der Waals surface area (Å²) in [6, 6.07) is 26.6. The second kappa shape index (κ2) is 10.9. The number of nitrogens with one attached hydrogen (secondary N) is 2. The van der Waals surface area contributed by atoms with E-state index >= 15 is 0 Å². The molecule has 2 N–H and O–H groups in total. The number of rotatable bonds is 6. The number of fused-ring (bicyclic) bond motifs is 1. The molecule has 0 aliphatic carbocycles. The minimum Gasteiger partial charge on any atom is -0.422 e. The Hall–Kier alpha value is -4.39. The number of hydrazone groups is 1. The van der Waals surface area contributed by atoms with Crippen LogP contribution >= 0.6 is 23.2 Å². The highest BCUT2D eigenvalue weighted by Crippen LogP contribution is 2.37. The first-order chi connectivity index (χ1) is 18.4. The number of benzene rings is 4. The number of carbonyl (C=O) groups is 2. The molecule has 1 aromatic heterocycles. The largest absolute Gasteiger partial charge is 0.422 e. The van der Waals surface area contributed by atoms with Gasteiger partial charge in [0, 0.05) is 37.6 Å². The molecule has 0 unspecified atom stereocenters. The normalized spacial score (nSPS) is 11.1. The monoisotopic (exact) mass is 541 g/mol. The van der Waals surface area contributed by atoms with Crippen molar-refractivity contribution in [1.82, 2.24) is 10.4 Å². The number of ether oxygens (including phenoxy) is 1. The van der Waals surface area contributed by atoms with E-state index in [2.05, 4.69) is 15.5 Å². The summed E-state index contributed by atoms with van der Waals surface area (Å²) in [5.41, 5.74) is 7.06. The molecule has 188 valence electrons. The van der Waals surface area contributed by atoms with Gasteiger partial charge in [0.05, 0.1) is 11.8 Å². The molecule has 4 aromatic carbocycles. The van der Waals surface area contributed by atoms with Crippen LogP contribution in [-0.4, -0.2) is 23.1 Å². The smallest absolute Gasteiger partial charge is 0.343 e. The number of aryl methyl sites for hydroxylation is 1. The van der Waals surface area contributed by atoms with Crippen LogP contribution in [0.2, 0.25) is 10.0 Å². The van der Waals surface area contributed by atoms with E-state index in [-0.39, 0.29) is 0 Å². The molecule has 1 amide bonds. The van der Waals surface area contributed by atoms with Crippen LogP contribution in [0.25, 0.3) is 22.0 Å². The number of para-hydroxylation sites is 1. The van der Waals surface area contributed by atoms with Crippen LogP contribution in [0.3, 0.4) is 0 Å². The van der Waals surface area contributed by atoms with Crippen LogP contribution in [0, 0.1) is 6.92 Å². The molecule has 0 fully saturated rings. The van der Waals surface area contributed by atoms with Crippen molar-refractivity contribution in [3.05, 3.63) is 123 Å². The minimum atomic E-state index is -0.538. The summed E-state index contributed by atoms with van der Waals surface area (Å²) in [4.78, 5) is 29.0. The lowest BCUT2D eigenvalue weighted by Gasteiger charge is -2.08. The van der Waals surface area contributed by atoms with Crippen LogP contribution in [0.4, 0.5) is 0 Å². The summed E-state index contributed by atoms with van der Waals surface area (Å²) in [5.74, 6) is -0.687. The second-order valence-electron chi connectivity index (χ2n) is 8.54.